The number of nitrogens with zero attached hydrogens (tertiary/aromatic N) is 1. The van der Waals surface area contributed by atoms with Crippen LogP contribution in [-0.4, -0.2) is 68.9 Å². The van der Waals surface area contributed by atoms with Crippen molar-refractivity contribution in [3.8, 4) is 5.75 Å². The van der Waals surface area contributed by atoms with Crippen LogP contribution in [0.1, 0.15) is 49.2 Å². The van der Waals surface area contributed by atoms with Crippen LogP contribution in [0.3, 0.4) is 0 Å². The number of amides is 2. The maximum absolute atomic E-state index is 13.5. The zero-order valence-corrected chi connectivity index (χ0v) is 27.2. The lowest BCUT2D eigenvalue weighted by Gasteiger charge is -2.25. The Kier molecular flexibility index (Phi) is 10.2. The highest BCUT2D eigenvalue weighted by molar-refractivity contribution is 7.89. The molecule has 2 saturated heterocycles. The van der Waals surface area contributed by atoms with E-state index in [4.69, 9.17) is 27.9 Å². The third kappa shape index (κ3) is 7.64. The van der Waals surface area contributed by atoms with E-state index in [-0.39, 0.29) is 57.6 Å². The fourth-order valence-corrected chi connectivity index (χ4v) is 8.64. The van der Waals surface area contributed by atoms with Crippen molar-refractivity contribution in [2.75, 3.05) is 26.2 Å². The van der Waals surface area contributed by atoms with Gasteiger partial charge in [-0.05, 0) is 74.3 Å². The Bertz CT molecular complexity index is 1530. The number of carbonyl (C=O) groups is 2. The first-order valence-electron chi connectivity index (χ1n) is 14.5. The predicted molar refractivity (Wildman–Crippen MR) is 171 cm³/mol. The van der Waals surface area contributed by atoms with Gasteiger partial charge in [0, 0.05) is 23.8 Å². The molecule has 9 nitrogen and oxygen atoms in total. The molecule has 2 fully saturated rings. The molecule has 2 aromatic carbocycles. The first-order chi connectivity index (χ1) is 20.5. The van der Waals surface area contributed by atoms with E-state index in [0.29, 0.717) is 17.7 Å². The zero-order valence-electron chi connectivity index (χ0n) is 24.1. The fourth-order valence-electron chi connectivity index (χ4n) is 5.42. The van der Waals surface area contributed by atoms with Crippen LogP contribution in [0.15, 0.2) is 47.4 Å². The summed E-state index contributed by atoms with van der Waals surface area (Å²) in [6, 6.07) is 11.1. The Morgan fingerprint density at radius 3 is 2.47 bits per heavy atom. The highest BCUT2D eigenvalue weighted by Gasteiger charge is 2.35. The lowest BCUT2D eigenvalue weighted by atomic mass is 10.0. The van der Waals surface area contributed by atoms with Gasteiger partial charge in [-0.25, -0.2) is 8.42 Å². The minimum atomic E-state index is -3.93. The van der Waals surface area contributed by atoms with E-state index in [1.165, 1.54) is 27.8 Å². The van der Waals surface area contributed by atoms with Gasteiger partial charge in [-0.1, -0.05) is 55.2 Å². The van der Waals surface area contributed by atoms with E-state index < -0.39 is 22.1 Å². The minimum Gasteiger partial charge on any atom is -0.487 e. The van der Waals surface area contributed by atoms with Crippen LogP contribution >= 0.6 is 34.5 Å². The van der Waals surface area contributed by atoms with Gasteiger partial charge in [0.2, 0.25) is 15.9 Å². The smallest absolute Gasteiger partial charge is 0.262 e. The molecule has 2 atom stereocenters. The molecule has 0 saturated carbocycles. The topological polar surface area (TPSA) is 117 Å². The first-order valence-corrected chi connectivity index (χ1v) is 17.5. The molecule has 43 heavy (non-hydrogen) atoms. The van der Waals surface area contributed by atoms with E-state index >= 15 is 0 Å². The van der Waals surface area contributed by atoms with Crippen molar-refractivity contribution in [3.05, 3.63) is 57.4 Å². The van der Waals surface area contributed by atoms with Crippen molar-refractivity contribution >= 4 is 66.5 Å². The molecule has 1 aromatic heterocycles. The number of nitrogens with one attached hydrogen (secondary N) is 3. The summed E-state index contributed by atoms with van der Waals surface area (Å²) in [7, 11) is -3.93. The number of hydrogen-bond acceptors (Lipinski definition) is 7. The second-order valence-electron chi connectivity index (χ2n) is 11.4. The van der Waals surface area contributed by atoms with Gasteiger partial charge in [-0.3, -0.25) is 9.59 Å². The quantitative estimate of drug-likeness (QED) is 0.278. The second kappa shape index (κ2) is 13.7. The van der Waals surface area contributed by atoms with Crippen molar-refractivity contribution in [2.24, 2.45) is 5.92 Å². The summed E-state index contributed by atoms with van der Waals surface area (Å²) < 4.78 is 35.4. The van der Waals surface area contributed by atoms with E-state index in [1.807, 2.05) is 44.2 Å². The molecule has 13 heteroatoms. The third-order valence-corrected chi connectivity index (χ3v) is 11.2. The summed E-state index contributed by atoms with van der Waals surface area (Å²) in [5, 5.41) is 10.4. The molecule has 3 aromatic rings. The maximum Gasteiger partial charge on any atom is 0.262 e. The maximum atomic E-state index is 13.5. The highest BCUT2D eigenvalue weighted by atomic mass is 35.5. The van der Waals surface area contributed by atoms with E-state index in [0.717, 1.165) is 36.0 Å². The monoisotopic (exact) mass is 666 g/mol. The number of carbonyl (C=O) groups excluding carboxylic acids is 2. The predicted octanol–water partition coefficient (Wildman–Crippen LogP) is 5.06. The molecule has 0 aliphatic carbocycles. The molecule has 3 N–H and O–H groups in total. The van der Waals surface area contributed by atoms with Gasteiger partial charge < -0.3 is 20.7 Å². The summed E-state index contributed by atoms with van der Waals surface area (Å²) in [4.78, 5) is 26.9. The van der Waals surface area contributed by atoms with Crippen LogP contribution in [0.5, 0.6) is 5.75 Å². The number of hydrogen-bond donors (Lipinski definition) is 3. The average molecular weight is 668 g/mol. The lowest BCUT2D eigenvalue weighted by molar-refractivity contribution is -0.124. The number of fused-ring (bicyclic) bond motifs is 1. The van der Waals surface area contributed by atoms with Gasteiger partial charge in [0.15, 0.2) is 5.75 Å². The van der Waals surface area contributed by atoms with E-state index in [2.05, 4.69) is 16.0 Å². The van der Waals surface area contributed by atoms with Gasteiger partial charge in [0.25, 0.3) is 5.91 Å². The number of rotatable bonds is 10. The van der Waals surface area contributed by atoms with Crippen LogP contribution in [0, 0.1) is 5.92 Å². The largest absolute Gasteiger partial charge is 0.487 e. The Morgan fingerprint density at radius 2 is 1.79 bits per heavy atom. The zero-order chi connectivity index (χ0) is 30.7. The molecule has 0 bridgehead atoms. The standard InChI is InChI=1S/C30H36Cl2N4O5S2/c1-18(2)13-25(35-30(38)27-14-19-5-3-4-6-26(19)42-27)29(37)34-20-9-12-36(17-20)43(39,40)22-15-23(31)28(24(32)16-22)41-21-7-10-33-11-8-21/h3-6,14-16,18,20-21,25,33H,7-13,17H2,1-2H3,(H,34,37)(H,35,38)/t20-,25-/m0/s1. The van der Waals surface area contributed by atoms with Gasteiger partial charge in [0.1, 0.15) is 12.1 Å². The van der Waals surface area contributed by atoms with Crippen molar-refractivity contribution < 1.29 is 22.7 Å². The van der Waals surface area contributed by atoms with Crippen molar-refractivity contribution in [1.29, 1.82) is 0 Å². The normalized spacial score (nSPS) is 19.0. The molecule has 2 amide bonds. The third-order valence-electron chi connectivity index (χ3n) is 7.66. The minimum absolute atomic E-state index is 0.0274. The average Bonchev–Trinajstić information content (AvgIpc) is 3.63. The molecule has 0 spiro atoms. The lowest BCUT2D eigenvalue weighted by Crippen LogP contribution is -2.50. The van der Waals surface area contributed by atoms with Crippen molar-refractivity contribution in [3.63, 3.8) is 0 Å². The van der Waals surface area contributed by atoms with Gasteiger partial charge in [0.05, 0.1) is 19.8 Å². The van der Waals surface area contributed by atoms with Gasteiger partial charge in [-0.2, -0.15) is 4.31 Å². The Labute approximate surface area is 266 Å². The second-order valence-corrected chi connectivity index (χ2v) is 15.3. The molecule has 0 unspecified atom stereocenters. The van der Waals surface area contributed by atoms with Crippen molar-refractivity contribution in [2.45, 2.75) is 62.6 Å². The van der Waals surface area contributed by atoms with Crippen LogP contribution < -0.4 is 20.7 Å². The van der Waals surface area contributed by atoms with Crippen LogP contribution in [0.2, 0.25) is 10.0 Å². The summed E-state index contributed by atoms with van der Waals surface area (Å²) in [6.07, 6.45) is 2.44. The first kappa shape index (κ1) is 32.0. The summed E-state index contributed by atoms with van der Waals surface area (Å²) in [6.45, 7) is 5.93. The SMILES string of the molecule is CC(C)C[C@H](NC(=O)c1cc2ccccc2s1)C(=O)N[C@H]1CCN(S(=O)(=O)c2cc(Cl)c(OC3CCNCC3)c(Cl)c2)C1. The number of halogens is 2. The number of piperidine rings is 1. The Hall–Kier alpha value is -2.41. The molecule has 2 aliphatic heterocycles. The van der Waals surface area contributed by atoms with Gasteiger partial charge >= 0.3 is 0 Å². The van der Waals surface area contributed by atoms with E-state index in [9.17, 15) is 18.0 Å². The van der Waals surface area contributed by atoms with Crippen LogP contribution in [-0.2, 0) is 14.8 Å². The molecule has 3 heterocycles. The molecule has 5 rings (SSSR count). The number of sulfonamides is 1. The number of benzene rings is 2. The Balaban J connectivity index is 1.22. The molecular formula is C30H36Cl2N4O5S2. The molecule has 232 valence electrons. The van der Waals surface area contributed by atoms with Gasteiger partial charge in [-0.15, -0.1) is 11.3 Å². The molecule has 0 radical (unpaired) electrons. The van der Waals surface area contributed by atoms with E-state index in [1.54, 1.807) is 0 Å². The number of ether oxygens (including phenoxy) is 1. The van der Waals surface area contributed by atoms with Crippen molar-refractivity contribution in [1.82, 2.24) is 20.3 Å². The summed E-state index contributed by atoms with van der Waals surface area (Å²) >= 11 is 14.3. The highest BCUT2D eigenvalue weighted by Crippen LogP contribution is 2.38. The number of thiophene rings is 1. The Morgan fingerprint density at radius 1 is 1.09 bits per heavy atom. The fraction of sp³-hybridized carbons (Fsp3) is 0.467. The summed E-state index contributed by atoms with van der Waals surface area (Å²) in [5.41, 5.74) is 0. The summed E-state index contributed by atoms with van der Waals surface area (Å²) in [5.74, 6) is -0.207. The van der Waals surface area contributed by atoms with Crippen LogP contribution in [0.4, 0.5) is 0 Å². The molecule has 2 aliphatic rings. The molecular weight excluding hydrogens is 631 g/mol. The van der Waals surface area contributed by atoms with Crippen LogP contribution in [0.25, 0.3) is 10.1 Å².